The van der Waals surface area contributed by atoms with Gasteiger partial charge in [0.15, 0.2) is 0 Å². The highest BCUT2D eigenvalue weighted by molar-refractivity contribution is 7.89. The van der Waals surface area contributed by atoms with Gasteiger partial charge in [0.2, 0.25) is 10.0 Å². The summed E-state index contributed by atoms with van der Waals surface area (Å²) < 4.78 is 29.6. The van der Waals surface area contributed by atoms with E-state index in [1.807, 2.05) is 78.9 Å². The maximum Gasteiger partial charge on any atom is 0.241 e. The van der Waals surface area contributed by atoms with E-state index in [2.05, 4.69) is 16.5 Å². The summed E-state index contributed by atoms with van der Waals surface area (Å²) >= 11 is 12.3. The number of fused-ring (bicyclic) bond motifs is 1. The predicted octanol–water partition coefficient (Wildman–Crippen LogP) is 6.29. The molecule has 174 valence electrons. The molecule has 1 saturated heterocycles. The zero-order valence-electron chi connectivity index (χ0n) is 18.5. The first-order valence-corrected chi connectivity index (χ1v) is 13.3. The predicted molar refractivity (Wildman–Crippen MR) is 139 cm³/mol. The highest BCUT2D eigenvalue weighted by atomic mass is 35.5. The van der Waals surface area contributed by atoms with Crippen molar-refractivity contribution in [2.45, 2.75) is 29.9 Å². The van der Waals surface area contributed by atoms with E-state index in [1.54, 1.807) is 12.1 Å². The first kappa shape index (κ1) is 23.3. The number of rotatable bonds is 6. The molecule has 0 saturated carbocycles. The molecule has 1 aliphatic rings. The highest BCUT2D eigenvalue weighted by Gasteiger charge is 2.43. The molecule has 1 fully saturated rings. The van der Waals surface area contributed by atoms with Crippen LogP contribution in [0.1, 0.15) is 24.1 Å². The van der Waals surface area contributed by atoms with Gasteiger partial charge in [-0.15, -0.1) is 0 Å². The first-order valence-electron chi connectivity index (χ1n) is 11.1. The standard InChI is InChI=1S/C27H24Cl2N2O2S/c1-18-25(30-34(32,33)26-8-4-6-19-5-2-3-7-24(19)26)17-31(18)27(20-9-13-22(28)14-10-20)21-11-15-23(29)16-12-21/h2-16,18,25,27,30H,17H2,1H3/t18-,25+/m1/s1. The first-order chi connectivity index (χ1) is 16.3. The van der Waals surface area contributed by atoms with Crippen LogP contribution in [0.25, 0.3) is 10.8 Å². The van der Waals surface area contributed by atoms with Crippen LogP contribution in [0.2, 0.25) is 10.0 Å². The fourth-order valence-electron chi connectivity index (χ4n) is 4.67. The van der Waals surface area contributed by atoms with E-state index < -0.39 is 10.0 Å². The molecule has 0 amide bonds. The van der Waals surface area contributed by atoms with Gasteiger partial charge in [0.1, 0.15) is 0 Å². The van der Waals surface area contributed by atoms with Crippen LogP contribution in [-0.4, -0.2) is 31.9 Å². The number of sulfonamides is 1. The van der Waals surface area contributed by atoms with Crippen LogP contribution in [0, 0.1) is 0 Å². The number of nitrogens with one attached hydrogen (secondary N) is 1. The lowest BCUT2D eigenvalue weighted by molar-refractivity contribution is 0.0370. The van der Waals surface area contributed by atoms with Gasteiger partial charge < -0.3 is 0 Å². The quantitative estimate of drug-likeness (QED) is 0.331. The van der Waals surface area contributed by atoms with Crippen LogP contribution >= 0.6 is 23.2 Å². The van der Waals surface area contributed by atoms with E-state index in [-0.39, 0.29) is 18.1 Å². The Balaban J connectivity index is 1.41. The van der Waals surface area contributed by atoms with Gasteiger partial charge in [0, 0.05) is 28.0 Å². The van der Waals surface area contributed by atoms with Gasteiger partial charge in [-0.05, 0) is 53.8 Å². The molecule has 0 aromatic heterocycles. The molecule has 34 heavy (non-hydrogen) atoms. The lowest BCUT2D eigenvalue weighted by atomic mass is 9.89. The Labute approximate surface area is 210 Å². The van der Waals surface area contributed by atoms with Crippen molar-refractivity contribution in [2.24, 2.45) is 0 Å². The summed E-state index contributed by atoms with van der Waals surface area (Å²) in [6.07, 6.45) is 0. The Morgan fingerprint density at radius 1 is 0.824 bits per heavy atom. The van der Waals surface area contributed by atoms with Gasteiger partial charge in [0.25, 0.3) is 0 Å². The minimum absolute atomic E-state index is 0.0129. The lowest BCUT2D eigenvalue weighted by Gasteiger charge is -2.50. The molecule has 0 unspecified atom stereocenters. The number of likely N-dealkylation sites (tertiary alicyclic amines) is 1. The van der Waals surface area contributed by atoms with Crippen molar-refractivity contribution in [1.82, 2.24) is 9.62 Å². The van der Waals surface area contributed by atoms with E-state index in [0.29, 0.717) is 21.5 Å². The van der Waals surface area contributed by atoms with Gasteiger partial charge in [-0.25, -0.2) is 13.1 Å². The third-order valence-electron chi connectivity index (χ3n) is 6.56. The molecule has 4 aromatic carbocycles. The van der Waals surface area contributed by atoms with Crippen molar-refractivity contribution in [3.05, 3.63) is 112 Å². The number of hydrogen-bond acceptors (Lipinski definition) is 3. The SMILES string of the molecule is C[C@@H]1[C@@H](NS(=O)(=O)c2cccc3ccccc23)CN1C(c1ccc(Cl)cc1)c1ccc(Cl)cc1. The number of benzene rings is 4. The Bertz CT molecular complexity index is 1370. The molecular formula is C27H24Cl2N2O2S. The second-order valence-corrected chi connectivity index (χ2v) is 11.2. The monoisotopic (exact) mass is 510 g/mol. The maximum atomic E-state index is 13.3. The van der Waals surface area contributed by atoms with E-state index in [1.165, 1.54) is 0 Å². The molecule has 1 N–H and O–H groups in total. The summed E-state index contributed by atoms with van der Waals surface area (Å²) in [6.45, 7) is 2.64. The Kier molecular flexibility index (Phi) is 6.40. The lowest BCUT2D eigenvalue weighted by Crippen LogP contribution is -2.66. The van der Waals surface area contributed by atoms with Crippen molar-refractivity contribution in [2.75, 3.05) is 6.54 Å². The van der Waals surface area contributed by atoms with Crippen LogP contribution < -0.4 is 4.72 Å². The smallest absolute Gasteiger partial charge is 0.241 e. The molecule has 1 aliphatic heterocycles. The Morgan fingerprint density at radius 2 is 1.38 bits per heavy atom. The van der Waals surface area contributed by atoms with Crippen LogP contribution in [0.15, 0.2) is 95.9 Å². The van der Waals surface area contributed by atoms with E-state index in [9.17, 15) is 8.42 Å². The van der Waals surface area contributed by atoms with Crippen LogP contribution in [0.3, 0.4) is 0 Å². The second-order valence-electron chi connectivity index (χ2n) is 8.65. The Hall–Kier alpha value is -2.41. The molecule has 0 aliphatic carbocycles. The number of halogens is 2. The molecule has 0 bridgehead atoms. The van der Waals surface area contributed by atoms with Crippen molar-refractivity contribution in [3.63, 3.8) is 0 Å². The molecule has 0 spiro atoms. The molecule has 4 aromatic rings. The second kappa shape index (κ2) is 9.33. The van der Waals surface area contributed by atoms with Gasteiger partial charge in [-0.2, -0.15) is 0 Å². The van der Waals surface area contributed by atoms with E-state index in [0.717, 1.165) is 21.9 Å². The fourth-order valence-corrected chi connectivity index (χ4v) is 6.46. The molecule has 4 nitrogen and oxygen atoms in total. The van der Waals surface area contributed by atoms with E-state index in [4.69, 9.17) is 23.2 Å². The number of nitrogens with zero attached hydrogens (tertiary/aromatic N) is 1. The van der Waals surface area contributed by atoms with Gasteiger partial charge in [-0.1, -0.05) is 83.9 Å². The number of hydrogen-bond donors (Lipinski definition) is 1. The molecule has 2 atom stereocenters. The highest BCUT2D eigenvalue weighted by Crippen LogP contribution is 2.37. The van der Waals surface area contributed by atoms with Crippen LogP contribution in [0.5, 0.6) is 0 Å². The third-order valence-corrected chi connectivity index (χ3v) is 8.61. The summed E-state index contributed by atoms with van der Waals surface area (Å²) in [5, 5.41) is 2.98. The van der Waals surface area contributed by atoms with Crippen molar-refractivity contribution < 1.29 is 8.42 Å². The molecule has 5 rings (SSSR count). The summed E-state index contributed by atoms with van der Waals surface area (Å²) in [6, 6.07) is 28.2. The van der Waals surface area contributed by atoms with Crippen molar-refractivity contribution in [1.29, 1.82) is 0 Å². The normalized spacial score (nSPS) is 18.8. The van der Waals surface area contributed by atoms with Gasteiger partial charge in [0.05, 0.1) is 17.0 Å². The summed E-state index contributed by atoms with van der Waals surface area (Å²) in [5.41, 5.74) is 2.18. The summed E-state index contributed by atoms with van der Waals surface area (Å²) in [7, 11) is -3.68. The molecule has 1 heterocycles. The molecular weight excluding hydrogens is 487 g/mol. The molecule has 7 heteroatoms. The average Bonchev–Trinajstić information content (AvgIpc) is 2.84. The topological polar surface area (TPSA) is 49.4 Å². The van der Waals surface area contributed by atoms with Crippen LogP contribution in [0.4, 0.5) is 0 Å². The van der Waals surface area contributed by atoms with Gasteiger partial charge in [-0.3, -0.25) is 4.90 Å². The zero-order chi connectivity index (χ0) is 23.9. The van der Waals surface area contributed by atoms with Crippen molar-refractivity contribution >= 4 is 44.0 Å². The minimum atomic E-state index is -3.68. The molecule has 0 radical (unpaired) electrons. The van der Waals surface area contributed by atoms with E-state index >= 15 is 0 Å². The minimum Gasteiger partial charge on any atom is -0.286 e. The average molecular weight is 511 g/mol. The summed E-state index contributed by atoms with van der Waals surface area (Å²) in [4.78, 5) is 2.60. The van der Waals surface area contributed by atoms with Gasteiger partial charge >= 0.3 is 0 Å². The zero-order valence-corrected chi connectivity index (χ0v) is 20.9. The fraction of sp³-hybridized carbons (Fsp3) is 0.185. The Morgan fingerprint density at radius 3 is 1.97 bits per heavy atom. The summed E-state index contributed by atoms with van der Waals surface area (Å²) in [5.74, 6) is 0. The largest absolute Gasteiger partial charge is 0.286 e. The van der Waals surface area contributed by atoms with Crippen LogP contribution in [-0.2, 0) is 10.0 Å². The maximum absolute atomic E-state index is 13.3. The van der Waals surface area contributed by atoms with Crippen molar-refractivity contribution in [3.8, 4) is 0 Å². The third kappa shape index (κ3) is 4.47.